The van der Waals surface area contributed by atoms with Crippen LogP contribution < -0.4 is 4.74 Å². The first-order valence-corrected chi connectivity index (χ1v) is 5.87. The largest absolute Gasteiger partial charge is 0.490 e. The molecule has 0 saturated heterocycles. The monoisotopic (exact) mass is 274 g/mol. The fourth-order valence-corrected chi connectivity index (χ4v) is 2.10. The molecule has 0 radical (unpaired) electrons. The van der Waals surface area contributed by atoms with Gasteiger partial charge in [0, 0.05) is 6.42 Å². The molecule has 3 nitrogen and oxygen atoms in total. The van der Waals surface area contributed by atoms with Gasteiger partial charge in [-0.25, -0.2) is 0 Å². The summed E-state index contributed by atoms with van der Waals surface area (Å²) >= 11 is 0. The number of fused-ring (bicyclic) bond motifs is 1. The molecule has 0 spiro atoms. The molecular formula is C13H13F3O3. The molecule has 1 aliphatic heterocycles. The zero-order chi connectivity index (χ0) is 14.2. The molecule has 0 aliphatic carbocycles. The summed E-state index contributed by atoms with van der Waals surface area (Å²) < 4.78 is 43.0. The van der Waals surface area contributed by atoms with E-state index in [1.54, 1.807) is 6.92 Å². The lowest BCUT2D eigenvalue weighted by atomic mass is 10.00. The Bertz CT molecular complexity index is 496. The van der Waals surface area contributed by atoms with Gasteiger partial charge in [0.25, 0.3) is 0 Å². The van der Waals surface area contributed by atoms with Crippen molar-refractivity contribution in [3.05, 3.63) is 29.3 Å². The molecule has 104 valence electrons. The summed E-state index contributed by atoms with van der Waals surface area (Å²) in [6, 6.07) is 3.38. The van der Waals surface area contributed by atoms with E-state index >= 15 is 0 Å². The minimum Gasteiger partial charge on any atom is -0.490 e. The molecule has 19 heavy (non-hydrogen) atoms. The lowest BCUT2D eigenvalue weighted by Gasteiger charge is -2.13. The fraction of sp³-hybridized carbons (Fsp3) is 0.462. The maximum Gasteiger partial charge on any atom is 0.416 e. The van der Waals surface area contributed by atoms with Crippen molar-refractivity contribution in [3.63, 3.8) is 0 Å². The first-order chi connectivity index (χ1) is 8.77. The van der Waals surface area contributed by atoms with Gasteiger partial charge in [-0.05, 0) is 24.1 Å². The molecule has 2 rings (SSSR count). The highest BCUT2D eigenvalue weighted by molar-refractivity contribution is 5.69. The minimum absolute atomic E-state index is 0.206. The van der Waals surface area contributed by atoms with Gasteiger partial charge in [-0.3, -0.25) is 4.79 Å². The van der Waals surface area contributed by atoms with Gasteiger partial charge in [-0.2, -0.15) is 13.2 Å². The zero-order valence-corrected chi connectivity index (χ0v) is 10.2. The molecule has 0 saturated carbocycles. The molecule has 0 fully saturated rings. The van der Waals surface area contributed by atoms with E-state index in [-0.39, 0.29) is 18.3 Å². The van der Waals surface area contributed by atoms with Crippen LogP contribution in [0.2, 0.25) is 0 Å². The van der Waals surface area contributed by atoms with Crippen LogP contribution in [0.1, 0.15) is 24.5 Å². The summed E-state index contributed by atoms with van der Waals surface area (Å²) in [5.41, 5.74) is -0.0613. The van der Waals surface area contributed by atoms with Gasteiger partial charge in [-0.1, -0.05) is 13.0 Å². The van der Waals surface area contributed by atoms with E-state index in [9.17, 15) is 18.0 Å². The Hall–Kier alpha value is -1.72. The molecule has 1 aromatic rings. The number of halogens is 3. The third-order valence-corrected chi connectivity index (χ3v) is 3.17. The molecule has 0 amide bonds. The van der Waals surface area contributed by atoms with Gasteiger partial charge in [0.2, 0.25) is 0 Å². The van der Waals surface area contributed by atoms with Crippen molar-refractivity contribution < 1.29 is 27.8 Å². The van der Waals surface area contributed by atoms with Crippen LogP contribution in [0.3, 0.4) is 0 Å². The van der Waals surface area contributed by atoms with Crippen LogP contribution in [0, 0.1) is 5.92 Å². The van der Waals surface area contributed by atoms with E-state index in [1.165, 1.54) is 6.07 Å². The fourth-order valence-electron chi connectivity index (χ4n) is 2.10. The SMILES string of the molecule is CC(CC1Cc2ccc(C(F)(F)F)cc2O1)C(=O)O. The number of carboxylic acid groups (broad SMARTS) is 1. The quantitative estimate of drug-likeness (QED) is 0.921. The molecule has 1 aromatic carbocycles. The van der Waals surface area contributed by atoms with Crippen LogP contribution in [0.5, 0.6) is 5.75 Å². The molecule has 0 aromatic heterocycles. The molecular weight excluding hydrogens is 261 g/mol. The van der Waals surface area contributed by atoms with Crippen molar-refractivity contribution in [3.8, 4) is 5.75 Å². The number of rotatable bonds is 3. The van der Waals surface area contributed by atoms with Crippen LogP contribution in [-0.2, 0) is 17.4 Å². The van der Waals surface area contributed by atoms with E-state index < -0.39 is 23.6 Å². The molecule has 0 bridgehead atoms. The number of benzene rings is 1. The van der Waals surface area contributed by atoms with E-state index in [0.29, 0.717) is 12.0 Å². The molecule has 2 atom stereocenters. The second-order valence-corrected chi connectivity index (χ2v) is 4.74. The highest BCUT2D eigenvalue weighted by atomic mass is 19.4. The van der Waals surface area contributed by atoms with Gasteiger partial charge in [0.05, 0.1) is 11.5 Å². The standard InChI is InChI=1S/C13H13F3O3/c1-7(12(17)18)4-10-5-8-2-3-9(13(14,15)16)6-11(8)19-10/h2-3,6-7,10H,4-5H2,1H3,(H,17,18). The Morgan fingerprint density at radius 2 is 2.21 bits per heavy atom. The summed E-state index contributed by atoms with van der Waals surface area (Å²) in [4.78, 5) is 10.7. The van der Waals surface area contributed by atoms with Crippen LogP contribution in [0.4, 0.5) is 13.2 Å². The lowest BCUT2D eigenvalue weighted by molar-refractivity contribution is -0.142. The summed E-state index contributed by atoms with van der Waals surface area (Å²) in [5, 5.41) is 8.81. The number of hydrogen-bond donors (Lipinski definition) is 1. The number of aliphatic carboxylic acids is 1. The summed E-state index contributed by atoms with van der Waals surface area (Å²) in [6.45, 7) is 1.55. The number of hydrogen-bond acceptors (Lipinski definition) is 2. The Morgan fingerprint density at radius 1 is 1.53 bits per heavy atom. The smallest absolute Gasteiger partial charge is 0.416 e. The average Bonchev–Trinajstić information content (AvgIpc) is 2.68. The average molecular weight is 274 g/mol. The van der Waals surface area contributed by atoms with Crippen LogP contribution in [0.15, 0.2) is 18.2 Å². The van der Waals surface area contributed by atoms with Gasteiger partial charge in [0.1, 0.15) is 11.9 Å². The van der Waals surface area contributed by atoms with Crippen molar-refractivity contribution in [2.75, 3.05) is 0 Å². The normalized spacial score (nSPS) is 19.7. The molecule has 2 unspecified atom stereocenters. The van der Waals surface area contributed by atoms with Crippen LogP contribution in [-0.4, -0.2) is 17.2 Å². The van der Waals surface area contributed by atoms with Gasteiger partial charge < -0.3 is 9.84 Å². The number of ether oxygens (including phenoxy) is 1. The van der Waals surface area contributed by atoms with Gasteiger partial charge in [-0.15, -0.1) is 0 Å². The zero-order valence-electron chi connectivity index (χ0n) is 10.2. The number of carbonyl (C=O) groups is 1. The number of carboxylic acids is 1. The topological polar surface area (TPSA) is 46.5 Å². The van der Waals surface area contributed by atoms with Crippen LogP contribution >= 0.6 is 0 Å². The van der Waals surface area contributed by atoms with Crippen molar-refractivity contribution in [2.24, 2.45) is 5.92 Å². The third kappa shape index (κ3) is 3.00. The Morgan fingerprint density at radius 3 is 2.79 bits per heavy atom. The molecule has 1 aliphatic rings. The summed E-state index contributed by atoms with van der Waals surface area (Å²) in [6.07, 6.45) is -4.04. The maximum atomic E-state index is 12.5. The van der Waals surface area contributed by atoms with Crippen LogP contribution in [0.25, 0.3) is 0 Å². The van der Waals surface area contributed by atoms with Crippen molar-refractivity contribution in [2.45, 2.75) is 32.0 Å². The second-order valence-electron chi connectivity index (χ2n) is 4.74. The van der Waals surface area contributed by atoms with Crippen molar-refractivity contribution in [1.82, 2.24) is 0 Å². The van der Waals surface area contributed by atoms with Gasteiger partial charge >= 0.3 is 12.1 Å². The highest BCUT2D eigenvalue weighted by Crippen LogP contribution is 2.37. The maximum absolute atomic E-state index is 12.5. The van der Waals surface area contributed by atoms with E-state index in [4.69, 9.17) is 9.84 Å². The Labute approximate surface area is 108 Å². The van der Waals surface area contributed by atoms with E-state index in [2.05, 4.69) is 0 Å². The van der Waals surface area contributed by atoms with E-state index in [1.807, 2.05) is 0 Å². The summed E-state index contributed by atoms with van der Waals surface area (Å²) in [7, 11) is 0. The first-order valence-electron chi connectivity index (χ1n) is 5.87. The Balaban J connectivity index is 2.10. The first kappa shape index (κ1) is 13.7. The summed E-state index contributed by atoms with van der Waals surface area (Å²) in [5.74, 6) is -1.31. The highest BCUT2D eigenvalue weighted by Gasteiger charge is 2.33. The van der Waals surface area contributed by atoms with Crippen molar-refractivity contribution in [1.29, 1.82) is 0 Å². The van der Waals surface area contributed by atoms with Gasteiger partial charge in [0.15, 0.2) is 0 Å². The predicted molar refractivity (Wildman–Crippen MR) is 61.0 cm³/mol. The predicted octanol–water partition coefficient (Wildman–Crippen LogP) is 3.12. The number of alkyl halides is 3. The molecule has 6 heteroatoms. The minimum atomic E-state index is -4.40. The Kier molecular flexibility index (Phi) is 3.43. The van der Waals surface area contributed by atoms with Crippen molar-refractivity contribution >= 4 is 5.97 Å². The molecule has 1 heterocycles. The second kappa shape index (κ2) is 4.75. The molecule has 1 N–H and O–H groups in total. The van der Waals surface area contributed by atoms with E-state index in [0.717, 1.165) is 12.1 Å². The lowest BCUT2D eigenvalue weighted by Crippen LogP contribution is -2.21. The third-order valence-electron chi connectivity index (χ3n) is 3.17.